The predicted octanol–water partition coefficient (Wildman–Crippen LogP) is 13.9. The number of hydrogen-bond donors (Lipinski definition) is 0. The summed E-state index contributed by atoms with van der Waals surface area (Å²) < 4.78 is 2.37. The van der Waals surface area contributed by atoms with Gasteiger partial charge in [0.05, 0.1) is 16.7 Å². The van der Waals surface area contributed by atoms with E-state index >= 15 is 0 Å². The summed E-state index contributed by atoms with van der Waals surface area (Å²) >= 11 is 0. The van der Waals surface area contributed by atoms with Gasteiger partial charge in [0.1, 0.15) is 0 Å². The van der Waals surface area contributed by atoms with Crippen LogP contribution in [0.1, 0.15) is 0 Å². The highest BCUT2D eigenvalue weighted by Gasteiger charge is 2.18. The van der Waals surface area contributed by atoms with Crippen LogP contribution in [0.3, 0.4) is 0 Å². The molecule has 0 aliphatic rings. The molecule has 0 amide bonds. The first kappa shape index (κ1) is 30.0. The molecule has 10 rings (SSSR count). The van der Waals surface area contributed by atoms with Crippen LogP contribution in [0.2, 0.25) is 0 Å². The minimum atomic E-state index is 1.11. The van der Waals surface area contributed by atoms with E-state index in [1.54, 1.807) is 0 Å². The van der Waals surface area contributed by atoms with Crippen molar-refractivity contribution in [3.8, 4) is 27.9 Å². The zero-order valence-electron chi connectivity index (χ0n) is 28.5. The fourth-order valence-corrected chi connectivity index (χ4v) is 7.91. The number of anilines is 3. The molecule has 9 aromatic carbocycles. The molecule has 0 spiro atoms. The summed E-state index contributed by atoms with van der Waals surface area (Å²) in [6.07, 6.45) is 0. The van der Waals surface area contributed by atoms with Gasteiger partial charge in [-0.2, -0.15) is 0 Å². The smallest absolute Gasteiger partial charge is 0.0546 e. The number of hydrogen-bond acceptors (Lipinski definition) is 1. The molecule has 0 aliphatic heterocycles. The van der Waals surface area contributed by atoms with Crippen molar-refractivity contribution in [3.05, 3.63) is 206 Å². The minimum absolute atomic E-state index is 1.11. The lowest BCUT2D eigenvalue weighted by Gasteiger charge is -2.28. The molecule has 2 nitrogen and oxygen atoms in total. The number of para-hydroxylation sites is 2. The molecule has 1 heterocycles. The maximum atomic E-state index is 2.41. The van der Waals surface area contributed by atoms with Gasteiger partial charge in [0.25, 0.3) is 0 Å². The Labute approximate surface area is 303 Å². The van der Waals surface area contributed by atoms with Crippen LogP contribution in [0.15, 0.2) is 206 Å². The average molecular weight is 663 g/mol. The highest BCUT2D eigenvalue weighted by Crippen LogP contribution is 2.43. The van der Waals surface area contributed by atoms with Crippen LogP contribution >= 0.6 is 0 Å². The Hall–Kier alpha value is -6.90. The number of benzene rings is 9. The molecular formula is C50H34N2. The second-order valence-electron chi connectivity index (χ2n) is 13.4. The second-order valence-corrected chi connectivity index (χ2v) is 13.4. The maximum absolute atomic E-state index is 2.41. The quantitative estimate of drug-likeness (QED) is 0.161. The van der Waals surface area contributed by atoms with Crippen molar-refractivity contribution in [2.75, 3.05) is 4.90 Å². The molecule has 0 saturated carbocycles. The van der Waals surface area contributed by atoms with E-state index in [4.69, 9.17) is 0 Å². The Balaban J connectivity index is 1.08. The van der Waals surface area contributed by atoms with Crippen molar-refractivity contribution in [1.82, 2.24) is 4.57 Å². The Morgan fingerprint density at radius 3 is 1.52 bits per heavy atom. The number of nitrogens with zero attached hydrogens (tertiary/aromatic N) is 2. The third-order valence-corrected chi connectivity index (χ3v) is 10.4. The summed E-state index contributed by atoms with van der Waals surface area (Å²) in [5.74, 6) is 0. The van der Waals surface area contributed by atoms with Crippen molar-refractivity contribution in [2.45, 2.75) is 0 Å². The largest absolute Gasteiger partial charge is 0.310 e. The molecule has 0 radical (unpaired) electrons. The summed E-state index contributed by atoms with van der Waals surface area (Å²) in [6, 6.07) is 74.7. The lowest BCUT2D eigenvalue weighted by molar-refractivity contribution is 1.18. The standard InChI is InChI=1S/C50H34N2/c1-2-13-35(14-3-1)38-16-12-17-42(33-38)51(50-34-39-15-4-5-18-43(39)44-19-6-7-20-45(44)50)40-29-25-36(26-30-40)37-27-31-41(32-28-37)52-48-23-10-8-21-46(48)47-22-9-11-24-49(47)52/h1-34H. The number of aromatic nitrogens is 1. The summed E-state index contributed by atoms with van der Waals surface area (Å²) in [5, 5.41) is 7.50. The maximum Gasteiger partial charge on any atom is 0.0546 e. The number of fused-ring (bicyclic) bond motifs is 6. The van der Waals surface area contributed by atoms with Crippen LogP contribution in [0.4, 0.5) is 17.1 Å². The average Bonchev–Trinajstić information content (AvgIpc) is 3.56. The first-order chi connectivity index (χ1) is 25.8. The molecule has 2 heteroatoms. The van der Waals surface area contributed by atoms with Gasteiger partial charge in [-0.05, 0) is 93.0 Å². The highest BCUT2D eigenvalue weighted by atomic mass is 15.1. The SMILES string of the molecule is c1ccc(-c2cccc(N(c3ccc(-c4ccc(-n5c6ccccc6c6ccccc65)cc4)cc3)c3cc4ccccc4c4ccccc34)c2)cc1. The normalized spacial score (nSPS) is 11.5. The van der Waals surface area contributed by atoms with E-state index in [1.165, 1.54) is 65.6 Å². The van der Waals surface area contributed by atoms with Crippen LogP contribution in [0.25, 0.3) is 71.3 Å². The van der Waals surface area contributed by atoms with Crippen molar-refractivity contribution >= 4 is 60.4 Å². The van der Waals surface area contributed by atoms with E-state index in [0.29, 0.717) is 0 Å². The van der Waals surface area contributed by atoms with Gasteiger partial charge in [0.2, 0.25) is 0 Å². The van der Waals surface area contributed by atoms with Gasteiger partial charge < -0.3 is 9.47 Å². The Bertz CT molecular complexity index is 2830. The number of rotatable bonds is 6. The molecule has 52 heavy (non-hydrogen) atoms. The summed E-state index contributed by atoms with van der Waals surface area (Å²) in [5.41, 5.74) is 11.7. The van der Waals surface area contributed by atoms with Crippen molar-refractivity contribution in [1.29, 1.82) is 0 Å². The van der Waals surface area contributed by atoms with E-state index in [2.05, 4.69) is 216 Å². The fraction of sp³-hybridized carbons (Fsp3) is 0. The Kier molecular flexibility index (Phi) is 7.18. The molecule has 0 bridgehead atoms. The van der Waals surface area contributed by atoms with Crippen LogP contribution in [-0.4, -0.2) is 4.57 Å². The second kappa shape index (κ2) is 12.5. The van der Waals surface area contributed by atoms with Gasteiger partial charge in [0.15, 0.2) is 0 Å². The molecule has 0 atom stereocenters. The molecule has 244 valence electrons. The zero-order chi connectivity index (χ0) is 34.4. The summed E-state index contributed by atoms with van der Waals surface area (Å²) in [6.45, 7) is 0. The third kappa shape index (κ3) is 5.04. The fourth-order valence-electron chi connectivity index (χ4n) is 7.91. The third-order valence-electron chi connectivity index (χ3n) is 10.4. The first-order valence-corrected chi connectivity index (χ1v) is 17.9. The van der Waals surface area contributed by atoms with E-state index in [-0.39, 0.29) is 0 Å². The lowest BCUT2D eigenvalue weighted by atomic mass is 9.98. The van der Waals surface area contributed by atoms with Gasteiger partial charge in [-0.25, -0.2) is 0 Å². The van der Waals surface area contributed by atoms with Gasteiger partial charge >= 0.3 is 0 Å². The Morgan fingerprint density at radius 1 is 0.308 bits per heavy atom. The molecule has 0 aliphatic carbocycles. The van der Waals surface area contributed by atoms with Crippen LogP contribution < -0.4 is 4.90 Å². The van der Waals surface area contributed by atoms with Gasteiger partial charge in [-0.15, -0.1) is 0 Å². The first-order valence-electron chi connectivity index (χ1n) is 17.9. The Morgan fingerprint density at radius 2 is 0.827 bits per heavy atom. The molecule has 10 aromatic rings. The molecular weight excluding hydrogens is 629 g/mol. The monoisotopic (exact) mass is 662 g/mol. The summed E-state index contributed by atoms with van der Waals surface area (Å²) in [4.78, 5) is 2.41. The van der Waals surface area contributed by atoms with Crippen molar-refractivity contribution in [3.63, 3.8) is 0 Å². The van der Waals surface area contributed by atoms with E-state index in [9.17, 15) is 0 Å². The molecule has 0 N–H and O–H groups in total. The van der Waals surface area contributed by atoms with Gasteiger partial charge in [-0.3, -0.25) is 0 Å². The molecule has 1 aromatic heterocycles. The molecule has 0 fully saturated rings. The van der Waals surface area contributed by atoms with Crippen LogP contribution in [0, 0.1) is 0 Å². The van der Waals surface area contributed by atoms with Crippen LogP contribution in [0.5, 0.6) is 0 Å². The highest BCUT2D eigenvalue weighted by molar-refractivity contribution is 6.14. The van der Waals surface area contributed by atoms with Crippen molar-refractivity contribution in [2.24, 2.45) is 0 Å². The van der Waals surface area contributed by atoms with E-state index in [1.807, 2.05) is 0 Å². The van der Waals surface area contributed by atoms with Gasteiger partial charge in [-0.1, -0.05) is 152 Å². The zero-order valence-corrected chi connectivity index (χ0v) is 28.5. The topological polar surface area (TPSA) is 8.17 Å². The molecule has 0 unspecified atom stereocenters. The minimum Gasteiger partial charge on any atom is -0.310 e. The van der Waals surface area contributed by atoms with E-state index in [0.717, 1.165) is 22.7 Å². The lowest BCUT2D eigenvalue weighted by Crippen LogP contribution is -2.10. The van der Waals surface area contributed by atoms with E-state index < -0.39 is 0 Å². The van der Waals surface area contributed by atoms with Crippen molar-refractivity contribution < 1.29 is 0 Å². The van der Waals surface area contributed by atoms with Gasteiger partial charge in [0, 0.05) is 33.2 Å². The van der Waals surface area contributed by atoms with Crippen LogP contribution in [-0.2, 0) is 0 Å². The predicted molar refractivity (Wildman–Crippen MR) is 221 cm³/mol. The molecule has 0 saturated heterocycles. The summed E-state index contributed by atoms with van der Waals surface area (Å²) in [7, 11) is 0.